The molecule has 4 nitrogen and oxygen atoms in total. The van der Waals surface area contributed by atoms with E-state index in [0.717, 1.165) is 43.3 Å². The average molecular weight is 358 g/mol. The first-order valence-corrected chi connectivity index (χ1v) is 10.7. The van der Waals surface area contributed by atoms with Crippen LogP contribution in [-0.4, -0.2) is 35.0 Å². The van der Waals surface area contributed by atoms with E-state index in [-0.39, 0.29) is 5.91 Å². The standard InChI is InChI=1S/C19H35NO3S/c1-14(2)6-5-7-15-8-11-19(3,12-9-15)18(23)20-16(17(21)22)10-13-24-4/h14-16H,5-13H2,1-4H3,(H,20,23)(H,21,22). The van der Waals surface area contributed by atoms with Crippen molar-refractivity contribution >= 4 is 23.6 Å². The van der Waals surface area contributed by atoms with Crippen LogP contribution in [0.5, 0.6) is 0 Å². The molecule has 0 spiro atoms. The molecular formula is C19H35NO3S. The second kappa shape index (κ2) is 10.3. The first kappa shape index (κ1) is 21.3. The van der Waals surface area contributed by atoms with Gasteiger partial charge in [-0.2, -0.15) is 11.8 Å². The molecule has 0 radical (unpaired) electrons. The Morgan fingerprint density at radius 2 is 1.88 bits per heavy atom. The lowest BCUT2D eigenvalue weighted by atomic mass is 9.70. The van der Waals surface area contributed by atoms with Gasteiger partial charge in [-0.15, -0.1) is 0 Å². The van der Waals surface area contributed by atoms with Crippen molar-refractivity contribution in [1.82, 2.24) is 5.32 Å². The number of carboxylic acid groups (broad SMARTS) is 1. The van der Waals surface area contributed by atoms with Gasteiger partial charge in [0.2, 0.25) is 5.91 Å². The van der Waals surface area contributed by atoms with Crippen molar-refractivity contribution in [2.45, 2.75) is 78.2 Å². The molecule has 1 rings (SSSR count). The molecule has 0 aromatic heterocycles. The third kappa shape index (κ3) is 7.04. The number of aliphatic carboxylic acids is 1. The molecule has 0 saturated heterocycles. The summed E-state index contributed by atoms with van der Waals surface area (Å²) in [6.07, 6.45) is 10.2. The normalized spacial score (nSPS) is 25.5. The topological polar surface area (TPSA) is 66.4 Å². The maximum absolute atomic E-state index is 12.6. The van der Waals surface area contributed by atoms with Crippen molar-refractivity contribution in [2.24, 2.45) is 17.3 Å². The Morgan fingerprint density at radius 3 is 2.38 bits per heavy atom. The van der Waals surface area contributed by atoms with E-state index in [2.05, 4.69) is 19.2 Å². The number of carboxylic acids is 1. The van der Waals surface area contributed by atoms with Crippen molar-refractivity contribution in [3.8, 4) is 0 Å². The number of amides is 1. The fourth-order valence-corrected chi connectivity index (χ4v) is 3.94. The predicted octanol–water partition coefficient (Wildman–Crippen LogP) is 4.33. The Hall–Kier alpha value is -0.710. The fraction of sp³-hybridized carbons (Fsp3) is 0.895. The smallest absolute Gasteiger partial charge is 0.326 e. The Balaban J connectivity index is 2.46. The molecule has 0 aromatic rings. The van der Waals surface area contributed by atoms with Crippen LogP contribution in [-0.2, 0) is 9.59 Å². The molecule has 1 fully saturated rings. The van der Waals surface area contributed by atoms with E-state index < -0.39 is 17.4 Å². The van der Waals surface area contributed by atoms with Gasteiger partial charge in [-0.3, -0.25) is 4.79 Å². The van der Waals surface area contributed by atoms with Gasteiger partial charge in [-0.05, 0) is 55.9 Å². The number of nitrogens with one attached hydrogen (secondary N) is 1. The van der Waals surface area contributed by atoms with Gasteiger partial charge in [0.25, 0.3) is 0 Å². The van der Waals surface area contributed by atoms with Crippen molar-refractivity contribution in [1.29, 1.82) is 0 Å². The minimum Gasteiger partial charge on any atom is -0.480 e. The molecule has 0 heterocycles. The van der Waals surface area contributed by atoms with E-state index in [1.165, 1.54) is 19.3 Å². The number of carbonyl (C=O) groups excluding carboxylic acids is 1. The molecule has 1 aliphatic carbocycles. The van der Waals surface area contributed by atoms with Gasteiger partial charge in [0.05, 0.1) is 0 Å². The van der Waals surface area contributed by atoms with Crippen LogP contribution >= 0.6 is 11.8 Å². The molecule has 140 valence electrons. The summed E-state index contributed by atoms with van der Waals surface area (Å²) in [4.78, 5) is 24.0. The van der Waals surface area contributed by atoms with Gasteiger partial charge in [-0.25, -0.2) is 4.79 Å². The quantitative estimate of drug-likeness (QED) is 0.610. The average Bonchev–Trinajstić information content (AvgIpc) is 2.52. The molecule has 0 aliphatic heterocycles. The van der Waals surface area contributed by atoms with Crippen LogP contribution in [0, 0.1) is 17.3 Å². The molecule has 0 aromatic carbocycles. The summed E-state index contributed by atoms with van der Waals surface area (Å²) < 4.78 is 0. The van der Waals surface area contributed by atoms with E-state index >= 15 is 0 Å². The minimum absolute atomic E-state index is 0.0726. The van der Waals surface area contributed by atoms with Crippen molar-refractivity contribution in [2.75, 3.05) is 12.0 Å². The first-order valence-electron chi connectivity index (χ1n) is 9.31. The van der Waals surface area contributed by atoms with Crippen molar-refractivity contribution in [3.05, 3.63) is 0 Å². The lowest BCUT2D eigenvalue weighted by molar-refractivity contribution is -0.144. The summed E-state index contributed by atoms with van der Waals surface area (Å²) in [5.41, 5.74) is -0.401. The third-order valence-electron chi connectivity index (χ3n) is 5.36. The Kier molecular flexibility index (Phi) is 9.17. The SMILES string of the molecule is CSCCC(NC(=O)C1(C)CCC(CCCC(C)C)CC1)C(=O)O. The molecule has 5 heteroatoms. The van der Waals surface area contributed by atoms with Gasteiger partial charge < -0.3 is 10.4 Å². The molecule has 2 N–H and O–H groups in total. The number of carbonyl (C=O) groups is 2. The number of thioether (sulfide) groups is 1. The number of hydrogen-bond acceptors (Lipinski definition) is 3. The van der Waals surface area contributed by atoms with Gasteiger partial charge in [0.1, 0.15) is 6.04 Å². The maximum atomic E-state index is 12.6. The predicted molar refractivity (Wildman–Crippen MR) is 101 cm³/mol. The Labute approximate surface area is 151 Å². The fourth-order valence-electron chi connectivity index (χ4n) is 3.47. The molecule has 1 amide bonds. The third-order valence-corrected chi connectivity index (χ3v) is 6.01. The van der Waals surface area contributed by atoms with Crippen molar-refractivity contribution in [3.63, 3.8) is 0 Å². The van der Waals surface area contributed by atoms with Crippen LogP contribution < -0.4 is 5.32 Å². The molecule has 1 saturated carbocycles. The van der Waals surface area contributed by atoms with E-state index in [4.69, 9.17) is 0 Å². The highest BCUT2D eigenvalue weighted by atomic mass is 32.2. The maximum Gasteiger partial charge on any atom is 0.326 e. The highest BCUT2D eigenvalue weighted by molar-refractivity contribution is 7.98. The van der Waals surface area contributed by atoms with E-state index in [1.54, 1.807) is 11.8 Å². The van der Waals surface area contributed by atoms with Crippen LogP contribution in [0.15, 0.2) is 0 Å². The molecule has 24 heavy (non-hydrogen) atoms. The van der Waals surface area contributed by atoms with Gasteiger partial charge in [0.15, 0.2) is 0 Å². The van der Waals surface area contributed by atoms with Crippen LogP contribution in [0.4, 0.5) is 0 Å². The molecular weight excluding hydrogens is 322 g/mol. The van der Waals surface area contributed by atoms with Gasteiger partial charge in [-0.1, -0.05) is 40.0 Å². The molecule has 0 bridgehead atoms. The number of hydrogen-bond donors (Lipinski definition) is 2. The monoisotopic (exact) mass is 357 g/mol. The lowest BCUT2D eigenvalue weighted by Crippen LogP contribution is -2.48. The Morgan fingerprint density at radius 1 is 1.25 bits per heavy atom. The summed E-state index contributed by atoms with van der Waals surface area (Å²) >= 11 is 1.60. The molecule has 1 atom stereocenters. The minimum atomic E-state index is -0.927. The zero-order valence-electron chi connectivity index (χ0n) is 15.8. The largest absolute Gasteiger partial charge is 0.480 e. The van der Waals surface area contributed by atoms with E-state index in [1.807, 2.05) is 13.2 Å². The van der Waals surface area contributed by atoms with Crippen LogP contribution in [0.25, 0.3) is 0 Å². The van der Waals surface area contributed by atoms with Crippen LogP contribution in [0.2, 0.25) is 0 Å². The zero-order chi connectivity index (χ0) is 18.2. The zero-order valence-corrected chi connectivity index (χ0v) is 16.6. The summed E-state index contributed by atoms with van der Waals surface area (Å²) in [5, 5.41) is 12.1. The summed E-state index contributed by atoms with van der Waals surface area (Å²) in [7, 11) is 0. The number of rotatable bonds is 10. The highest BCUT2D eigenvalue weighted by Gasteiger charge is 2.38. The molecule has 1 aliphatic rings. The van der Waals surface area contributed by atoms with Crippen molar-refractivity contribution < 1.29 is 14.7 Å². The van der Waals surface area contributed by atoms with Gasteiger partial charge >= 0.3 is 5.97 Å². The van der Waals surface area contributed by atoms with Crippen LogP contribution in [0.3, 0.4) is 0 Å². The van der Waals surface area contributed by atoms with E-state index in [0.29, 0.717) is 6.42 Å². The highest BCUT2D eigenvalue weighted by Crippen LogP contribution is 2.40. The summed E-state index contributed by atoms with van der Waals surface area (Å²) in [5.74, 6) is 1.24. The molecule has 1 unspecified atom stereocenters. The summed E-state index contributed by atoms with van der Waals surface area (Å²) in [6, 6.07) is -0.759. The lowest BCUT2D eigenvalue weighted by Gasteiger charge is -2.37. The van der Waals surface area contributed by atoms with Crippen LogP contribution in [0.1, 0.15) is 72.1 Å². The van der Waals surface area contributed by atoms with E-state index in [9.17, 15) is 14.7 Å². The summed E-state index contributed by atoms with van der Waals surface area (Å²) in [6.45, 7) is 6.52. The Bertz CT molecular complexity index is 403. The second-order valence-corrected chi connectivity index (χ2v) is 8.96. The van der Waals surface area contributed by atoms with Gasteiger partial charge in [0, 0.05) is 5.41 Å². The second-order valence-electron chi connectivity index (χ2n) is 7.97. The first-order chi connectivity index (χ1) is 11.3.